The summed E-state index contributed by atoms with van der Waals surface area (Å²) in [6.07, 6.45) is 0. The first-order valence-electron chi connectivity index (χ1n) is 4.43. The Morgan fingerprint density at radius 1 is 1.29 bits per heavy atom. The average molecular weight is 202 g/mol. The minimum Gasteiger partial charge on any atom is -0.467 e. The van der Waals surface area contributed by atoms with Crippen molar-refractivity contribution in [3.63, 3.8) is 0 Å². The first-order valence-corrected chi connectivity index (χ1v) is 4.43. The summed E-state index contributed by atoms with van der Waals surface area (Å²) >= 11 is 0. The number of hydrogen-bond acceptors (Lipinski definition) is 3. The van der Waals surface area contributed by atoms with Crippen LogP contribution in [-0.4, -0.2) is 30.7 Å². The standard InChI is InChI=1S/C9H18N2O3/c1-6(7(12)14-5)10-8(13)11-9(2,3)4/h6H,1-5H3,(H2,10,11,13). The lowest BCUT2D eigenvalue weighted by Crippen LogP contribution is -2.50. The number of methoxy groups -OCH3 is 1. The van der Waals surface area contributed by atoms with Gasteiger partial charge in [-0.15, -0.1) is 0 Å². The molecule has 0 saturated heterocycles. The molecule has 0 aromatic rings. The summed E-state index contributed by atoms with van der Waals surface area (Å²) < 4.78 is 4.46. The van der Waals surface area contributed by atoms with E-state index in [1.807, 2.05) is 20.8 Å². The maximum absolute atomic E-state index is 11.3. The van der Waals surface area contributed by atoms with E-state index in [2.05, 4.69) is 15.4 Å². The molecule has 0 aromatic heterocycles. The molecule has 2 amide bonds. The molecule has 1 unspecified atom stereocenters. The van der Waals surface area contributed by atoms with Gasteiger partial charge in [0, 0.05) is 5.54 Å². The summed E-state index contributed by atoms with van der Waals surface area (Å²) in [5, 5.41) is 5.13. The second kappa shape index (κ2) is 4.83. The van der Waals surface area contributed by atoms with Gasteiger partial charge in [-0.05, 0) is 27.7 Å². The maximum atomic E-state index is 11.3. The van der Waals surface area contributed by atoms with Crippen LogP contribution < -0.4 is 10.6 Å². The number of urea groups is 1. The summed E-state index contributed by atoms with van der Waals surface area (Å²) in [4.78, 5) is 22.2. The van der Waals surface area contributed by atoms with Crippen LogP contribution in [0.5, 0.6) is 0 Å². The van der Waals surface area contributed by atoms with Gasteiger partial charge in [0.05, 0.1) is 7.11 Å². The van der Waals surface area contributed by atoms with E-state index in [1.54, 1.807) is 6.92 Å². The Kier molecular flexibility index (Phi) is 4.40. The highest BCUT2D eigenvalue weighted by molar-refractivity contribution is 5.83. The summed E-state index contributed by atoms with van der Waals surface area (Å²) in [6, 6.07) is -1.02. The number of rotatable bonds is 2. The number of esters is 1. The monoisotopic (exact) mass is 202 g/mol. The Balaban J connectivity index is 4.01. The third-order valence-corrected chi connectivity index (χ3v) is 1.39. The molecule has 5 heteroatoms. The molecule has 0 aliphatic carbocycles. The van der Waals surface area contributed by atoms with Crippen molar-refractivity contribution in [3.05, 3.63) is 0 Å². The first kappa shape index (κ1) is 12.7. The SMILES string of the molecule is COC(=O)C(C)NC(=O)NC(C)(C)C. The molecular formula is C9H18N2O3. The van der Waals surface area contributed by atoms with Gasteiger partial charge in [0.15, 0.2) is 0 Å². The van der Waals surface area contributed by atoms with E-state index in [0.29, 0.717) is 0 Å². The Hall–Kier alpha value is -1.26. The van der Waals surface area contributed by atoms with E-state index in [-0.39, 0.29) is 11.6 Å². The lowest BCUT2D eigenvalue weighted by molar-refractivity contribution is -0.142. The lowest BCUT2D eigenvalue weighted by atomic mass is 10.1. The first-order chi connectivity index (χ1) is 6.26. The summed E-state index contributed by atoms with van der Waals surface area (Å²) in [5.41, 5.74) is -0.320. The Morgan fingerprint density at radius 3 is 2.14 bits per heavy atom. The van der Waals surface area contributed by atoms with Crippen molar-refractivity contribution in [2.45, 2.75) is 39.3 Å². The molecule has 82 valence electrons. The molecule has 5 nitrogen and oxygen atoms in total. The van der Waals surface area contributed by atoms with Gasteiger partial charge in [0.25, 0.3) is 0 Å². The highest BCUT2D eigenvalue weighted by atomic mass is 16.5. The van der Waals surface area contributed by atoms with Crippen LogP contribution in [-0.2, 0) is 9.53 Å². The largest absolute Gasteiger partial charge is 0.467 e. The summed E-state index contributed by atoms with van der Waals surface area (Å²) in [7, 11) is 1.28. The van der Waals surface area contributed by atoms with Crippen LogP contribution in [0.3, 0.4) is 0 Å². The molecule has 0 aliphatic rings. The number of carbonyl (C=O) groups excluding carboxylic acids is 2. The zero-order chi connectivity index (χ0) is 11.4. The second-order valence-electron chi connectivity index (χ2n) is 4.09. The molecule has 2 N–H and O–H groups in total. The molecular weight excluding hydrogens is 184 g/mol. The maximum Gasteiger partial charge on any atom is 0.328 e. The van der Waals surface area contributed by atoms with E-state index in [4.69, 9.17) is 0 Å². The van der Waals surface area contributed by atoms with Crippen LogP contribution in [0.25, 0.3) is 0 Å². The number of carbonyl (C=O) groups is 2. The molecule has 0 bridgehead atoms. The van der Waals surface area contributed by atoms with Gasteiger partial charge in [0.2, 0.25) is 0 Å². The van der Waals surface area contributed by atoms with Crippen LogP contribution >= 0.6 is 0 Å². The normalized spacial score (nSPS) is 12.9. The molecule has 0 saturated carbocycles. The fourth-order valence-electron chi connectivity index (χ4n) is 0.809. The van der Waals surface area contributed by atoms with Crippen molar-refractivity contribution >= 4 is 12.0 Å². The number of ether oxygens (including phenoxy) is 1. The fraction of sp³-hybridized carbons (Fsp3) is 0.778. The van der Waals surface area contributed by atoms with E-state index in [9.17, 15) is 9.59 Å². The Morgan fingerprint density at radius 2 is 1.79 bits per heavy atom. The zero-order valence-electron chi connectivity index (χ0n) is 9.30. The van der Waals surface area contributed by atoms with Crippen molar-refractivity contribution in [3.8, 4) is 0 Å². The molecule has 0 spiro atoms. The summed E-state index contributed by atoms with van der Waals surface area (Å²) in [6.45, 7) is 7.13. The molecule has 0 rings (SSSR count). The van der Waals surface area contributed by atoms with E-state index in [1.165, 1.54) is 7.11 Å². The minimum absolute atomic E-state index is 0.320. The van der Waals surface area contributed by atoms with Gasteiger partial charge < -0.3 is 15.4 Å². The topological polar surface area (TPSA) is 67.4 Å². The second-order valence-corrected chi connectivity index (χ2v) is 4.09. The number of hydrogen-bond donors (Lipinski definition) is 2. The lowest BCUT2D eigenvalue weighted by Gasteiger charge is -2.22. The predicted molar refractivity (Wildman–Crippen MR) is 52.9 cm³/mol. The zero-order valence-corrected chi connectivity index (χ0v) is 9.30. The van der Waals surface area contributed by atoms with Crippen LogP contribution in [0.4, 0.5) is 4.79 Å². The number of amides is 2. The molecule has 0 aromatic carbocycles. The molecule has 0 heterocycles. The van der Waals surface area contributed by atoms with Gasteiger partial charge in [0.1, 0.15) is 6.04 Å². The third-order valence-electron chi connectivity index (χ3n) is 1.39. The van der Waals surface area contributed by atoms with Gasteiger partial charge in [-0.25, -0.2) is 9.59 Å². The molecule has 14 heavy (non-hydrogen) atoms. The predicted octanol–water partition coefficient (Wildman–Crippen LogP) is 0.646. The highest BCUT2D eigenvalue weighted by Crippen LogP contribution is 1.97. The number of nitrogens with one attached hydrogen (secondary N) is 2. The van der Waals surface area contributed by atoms with Crippen molar-refractivity contribution in [1.29, 1.82) is 0 Å². The van der Waals surface area contributed by atoms with E-state index >= 15 is 0 Å². The molecule has 0 radical (unpaired) electrons. The van der Waals surface area contributed by atoms with Crippen LogP contribution in [0.15, 0.2) is 0 Å². The highest BCUT2D eigenvalue weighted by Gasteiger charge is 2.18. The van der Waals surface area contributed by atoms with Crippen molar-refractivity contribution < 1.29 is 14.3 Å². The Bertz CT molecular complexity index is 221. The van der Waals surface area contributed by atoms with Crippen LogP contribution in [0, 0.1) is 0 Å². The molecule has 0 fully saturated rings. The van der Waals surface area contributed by atoms with Gasteiger partial charge in [-0.3, -0.25) is 0 Å². The van der Waals surface area contributed by atoms with Gasteiger partial charge >= 0.3 is 12.0 Å². The molecule has 0 aliphatic heterocycles. The van der Waals surface area contributed by atoms with Gasteiger partial charge in [-0.1, -0.05) is 0 Å². The van der Waals surface area contributed by atoms with Crippen LogP contribution in [0.1, 0.15) is 27.7 Å². The van der Waals surface area contributed by atoms with Gasteiger partial charge in [-0.2, -0.15) is 0 Å². The third kappa shape index (κ3) is 5.40. The van der Waals surface area contributed by atoms with Crippen molar-refractivity contribution in [2.24, 2.45) is 0 Å². The molecule has 1 atom stereocenters. The minimum atomic E-state index is -0.637. The van der Waals surface area contributed by atoms with E-state index < -0.39 is 12.0 Å². The Labute approximate surface area is 84.2 Å². The van der Waals surface area contributed by atoms with Crippen molar-refractivity contribution in [2.75, 3.05) is 7.11 Å². The average Bonchev–Trinajstić information content (AvgIpc) is 1.99. The quantitative estimate of drug-likeness (QED) is 0.646. The van der Waals surface area contributed by atoms with Crippen LogP contribution in [0.2, 0.25) is 0 Å². The smallest absolute Gasteiger partial charge is 0.328 e. The van der Waals surface area contributed by atoms with Crippen molar-refractivity contribution in [1.82, 2.24) is 10.6 Å². The summed E-state index contributed by atoms with van der Waals surface area (Å²) in [5.74, 6) is -0.464. The van der Waals surface area contributed by atoms with E-state index in [0.717, 1.165) is 0 Å². The fourth-order valence-corrected chi connectivity index (χ4v) is 0.809.